The standard InChI is InChI=1S/C15H14O2S/c1-11-9-10-18-15(11)14(16)8-5-12-3-6-13(17-2)7-4-12/h3-10H,1-2H3. The van der Waals surface area contributed by atoms with Gasteiger partial charge in [-0.1, -0.05) is 18.2 Å². The average molecular weight is 258 g/mol. The monoisotopic (exact) mass is 258 g/mol. The van der Waals surface area contributed by atoms with Gasteiger partial charge in [-0.05, 0) is 47.7 Å². The molecule has 0 bridgehead atoms. The molecule has 0 atom stereocenters. The highest BCUT2D eigenvalue weighted by atomic mass is 32.1. The molecule has 0 amide bonds. The Balaban J connectivity index is 2.11. The highest BCUT2D eigenvalue weighted by Gasteiger charge is 2.06. The van der Waals surface area contributed by atoms with Crippen LogP contribution in [0, 0.1) is 6.92 Å². The highest BCUT2D eigenvalue weighted by Crippen LogP contribution is 2.17. The average Bonchev–Trinajstić information content (AvgIpc) is 2.83. The van der Waals surface area contributed by atoms with Gasteiger partial charge in [0.25, 0.3) is 0 Å². The number of methoxy groups -OCH3 is 1. The Morgan fingerprint density at radius 1 is 1.22 bits per heavy atom. The molecule has 0 saturated carbocycles. The second-order valence-corrected chi connectivity index (χ2v) is 4.82. The van der Waals surface area contributed by atoms with Crippen molar-refractivity contribution in [2.45, 2.75) is 6.92 Å². The molecule has 0 radical (unpaired) electrons. The molecule has 0 unspecified atom stereocenters. The predicted octanol–water partition coefficient (Wildman–Crippen LogP) is 3.96. The summed E-state index contributed by atoms with van der Waals surface area (Å²) in [4.78, 5) is 12.7. The van der Waals surface area contributed by atoms with Gasteiger partial charge in [-0.3, -0.25) is 4.79 Å². The van der Waals surface area contributed by atoms with Crippen molar-refractivity contribution in [3.05, 3.63) is 57.8 Å². The zero-order valence-electron chi connectivity index (χ0n) is 10.3. The van der Waals surface area contributed by atoms with E-state index < -0.39 is 0 Å². The van der Waals surface area contributed by atoms with Crippen LogP contribution in [0.1, 0.15) is 20.8 Å². The summed E-state index contributed by atoms with van der Waals surface area (Å²) in [6.07, 6.45) is 3.43. The van der Waals surface area contributed by atoms with E-state index in [-0.39, 0.29) is 5.78 Å². The number of carbonyl (C=O) groups is 1. The van der Waals surface area contributed by atoms with Gasteiger partial charge >= 0.3 is 0 Å². The number of rotatable bonds is 4. The summed E-state index contributed by atoms with van der Waals surface area (Å²) in [6.45, 7) is 1.95. The van der Waals surface area contributed by atoms with E-state index in [1.807, 2.05) is 48.7 Å². The molecular weight excluding hydrogens is 244 g/mol. The molecule has 1 aromatic carbocycles. The zero-order valence-corrected chi connectivity index (χ0v) is 11.2. The second kappa shape index (κ2) is 5.65. The zero-order chi connectivity index (χ0) is 13.0. The number of thiophene rings is 1. The van der Waals surface area contributed by atoms with Crippen LogP contribution in [0.2, 0.25) is 0 Å². The maximum Gasteiger partial charge on any atom is 0.196 e. The Morgan fingerprint density at radius 3 is 2.50 bits per heavy atom. The lowest BCUT2D eigenvalue weighted by Crippen LogP contribution is -1.92. The maximum absolute atomic E-state index is 11.9. The third-order valence-corrected chi connectivity index (χ3v) is 3.66. The van der Waals surface area contributed by atoms with Crippen LogP contribution in [0.15, 0.2) is 41.8 Å². The highest BCUT2D eigenvalue weighted by molar-refractivity contribution is 7.12. The summed E-state index contributed by atoms with van der Waals surface area (Å²) in [5, 5.41) is 1.93. The fraction of sp³-hybridized carbons (Fsp3) is 0.133. The second-order valence-electron chi connectivity index (χ2n) is 3.90. The van der Waals surface area contributed by atoms with Crippen molar-refractivity contribution in [2.24, 2.45) is 0 Å². The molecule has 0 aliphatic heterocycles. The molecule has 0 N–H and O–H groups in total. The van der Waals surface area contributed by atoms with Crippen LogP contribution in [0.5, 0.6) is 5.75 Å². The van der Waals surface area contributed by atoms with E-state index in [1.165, 1.54) is 11.3 Å². The Hall–Kier alpha value is -1.87. The SMILES string of the molecule is COc1ccc(C=CC(=O)c2sccc2C)cc1. The van der Waals surface area contributed by atoms with E-state index >= 15 is 0 Å². The van der Waals surface area contributed by atoms with Crippen molar-refractivity contribution in [1.82, 2.24) is 0 Å². The van der Waals surface area contributed by atoms with Crippen molar-refractivity contribution in [2.75, 3.05) is 7.11 Å². The number of benzene rings is 1. The van der Waals surface area contributed by atoms with E-state index in [2.05, 4.69) is 0 Å². The van der Waals surface area contributed by atoms with Crippen LogP contribution in [0.25, 0.3) is 6.08 Å². The van der Waals surface area contributed by atoms with Gasteiger partial charge in [0, 0.05) is 0 Å². The summed E-state index contributed by atoms with van der Waals surface area (Å²) in [5.74, 6) is 0.867. The molecule has 0 saturated heterocycles. The van der Waals surface area contributed by atoms with Crippen LogP contribution in [-0.4, -0.2) is 12.9 Å². The van der Waals surface area contributed by atoms with Gasteiger partial charge in [-0.25, -0.2) is 0 Å². The Morgan fingerprint density at radius 2 is 1.94 bits per heavy atom. The van der Waals surface area contributed by atoms with E-state index in [1.54, 1.807) is 13.2 Å². The third-order valence-electron chi connectivity index (χ3n) is 2.63. The van der Waals surface area contributed by atoms with Crippen LogP contribution in [-0.2, 0) is 0 Å². The molecule has 1 heterocycles. The lowest BCUT2D eigenvalue weighted by Gasteiger charge is -1.99. The fourth-order valence-corrected chi connectivity index (χ4v) is 2.43. The van der Waals surface area contributed by atoms with Gasteiger partial charge in [-0.15, -0.1) is 11.3 Å². The first-order chi connectivity index (χ1) is 8.70. The Labute approximate surface area is 111 Å². The van der Waals surface area contributed by atoms with Gasteiger partial charge in [0.05, 0.1) is 12.0 Å². The van der Waals surface area contributed by atoms with Gasteiger partial charge in [-0.2, -0.15) is 0 Å². The minimum Gasteiger partial charge on any atom is -0.497 e. The van der Waals surface area contributed by atoms with Crippen LogP contribution in [0.3, 0.4) is 0 Å². The molecule has 0 aliphatic rings. The summed E-state index contributed by atoms with van der Waals surface area (Å²) in [6, 6.07) is 9.55. The van der Waals surface area contributed by atoms with E-state index in [4.69, 9.17) is 4.74 Å². The molecule has 0 spiro atoms. The first kappa shape index (κ1) is 12.6. The molecule has 1 aromatic heterocycles. The van der Waals surface area contributed by atoms with E-state index in [9.17, 15) is 4.79 Å². The number of ketones is 1. The van der Waals surface area contributed by atoms with Crippen molar-refractivity contribution in [3.8, 4) is 5.75 Å². The first-order valence-electron chi connectivity index (χ1n) is 5.61. The largest absolute Gasteiger partial charge is 0.497 e. The van der Waals surface area contributed by atoms with Crippen LogP contribution >= 0.6 is 11.3 Å². The quantitative estimate of drug-likeness (QED) is 0.613. The van der Waals surface area contributed by atoms with Gasteiger partial charge in [0.2, 0.25) is 0 Å². The van der Waals surface area contributed by atoms with Crippen LogP contribution in [0.4, 0.5) is 0 Å². The van der Waals surface area contributed by atoms with E-state index in [0.717, 1.165) is 21.8 Å². The van der Waals surface area contributed by atoms with Gasteiger partial charge < -0.3 is 4.74 Å². The molecule has 0 fully saturated rings. The lowest BCUT2D eigenvalue weighted by molar-refractivity contribution is 0.105. The molecular formula is C15H14O2S. The fourth-order valence-electron chi connectivity index (χ4n) is 1.59. The third kappa shape index (κ3) is 2.87. The minimum atomic E-state index is 0.0540. The van der Waals surface area contributed by atoms with E-state index in [0.29, 0.717) is 0 Å². The van der Waals surface area contributed by atoms with Crippen LogP contribution < -0.4 is 4.74 Å². The van der Waals surface area contributed by atoms with Gasteiger partial charge in [0.1, 0.15) is 5.75 Å². The van der Waals surface area contributed by atoms with Crippen molar-refractivity contribution in [3.63, 3.8) is 0 Å². The van der Waals surface area contributed by atoms with Crippen molar-refractivity contribution < 1.29 is 9.53 Å². The summed E-state index contributed by atoms with van der Waals surface area (Å²) in [5.41, 5.74) is 2.02. The molecule has 3 heteroatoms. The molecule has 2 aromatic rings. The smallest absolute Gasteiger partial charge is 0.196 e. The molecule has 2 rings (SSSR count). The normalized spacial score (nSPS) is 10.8. The summed E-state index contributed by atoms with van der Waals surface area (Å²) < 4.78 is 5.08. The Bertz CT molecular complexity index is 564. The first-order valence-corrected chi connectivity index (χ1v) is 6.49. The number of hydrogen-bond donors (Lipinski definition) is 0. The topological polar surface area (TPSA) is 26.3 Å². The van der Waals surface area contributed by atoms with Crippen molar-refractivity contribution >= 4 is 23.2 Å². The molecule has 18 heavy (non-hydrogen) atoms. The molecule has 0 aliphatic carbocycles. The molecule has 92 valence electrons. The number of carbonyl (C=O) groups excluding carboxylic acids is 1. The number of aryl methyl sites for hydroxylation is 1. The van der Waals surface area contributed by atoms with Gasteiger partial charge in [0.15, 0.2) is 5.78 Å². The number of hydrogen-bond acceptors (Lipinski definition) is 3. The van der Waals surface area contributed by atoms with Crippen molar-refractivity contribution in [1.29, 1.82) is 0 Å². The lowest BCUT2D eigenvalue weighted by atomic mass is 10.1. The Kier molecular flexibility index (Phi) is 3.95. The maximum atomic E-state index is 11.9. The summed E-state index contributed by atoms with van der Waals surface area (Å²) >= 11 is 1.48. The predicted molar refractivity (Wildman–Crippen MR) is 75.4 cm³/mol. The number of ether oxygens (including phenoxy) is 1. The summed E-state index contributed by atoms with van der Waals surface area (Å²) in [7, 11) is 1.63. The minimum absolute atomic E-state index is 0.0540. The number of allylic oxidation sites excluding steroid dienone is 1. The molecule has 2 nitrogen and oxygen atoms in total.